The van der Waals surface area contributed by atoms with Crippen molar-refractivity contribution in [1.82, 2.24) is 4.90 Å². The van der Waals surface area contributed by atoms with Crippen molar-refractivity contribution in [2.45, 2.75) is 38.6 Å². The van der Waals surface area contributed by atoms with Gasteiger partial charge in [0.2, 0.25) is 0 Å². The highest BCUT2D eigenvalue weighted by molar-refractivity contribution is 5.98. The van der Waals surface area contributed by atoms with E-state index in [4.69, 9.17) is 18.9 Å². The molecule has 1 saturated heterocycles. The topological polar surface area (TPSA) is 74.3 Å². The number of carbonyl (C=O) groups excluding carboxylic acids is 2. The average Bonchev–Trinajstić information content (AvgIpc) is 2.65. The molecule has 0 aromatic heterocycles. The maximum Gasteiger partial charge on any atom is 0.328 e. The van der Waals surface area contributed by atoms with Gasteiger partial charge in [0.25, 0.3) is 5.91 Å². The fourth-order valence-electron chi connectivity index (χ4n) is 3.14. The fourth-order valence-corrected chi connectivity index (χ4v) is 3.14. The smallest absolute Gasteiger partial charge is 0.328 e. The lowest BCUT2D eigenvalue weighted by atomic mass is 9.98. The SMILES string of the molecule is CCCOCCCc1cc(C(=O)N2CCC2C(=O)OC)cc(OC)c1OC. The van der Waals surface area contributed by atoms with Gasteiger partial charge in [0, 0.05) is 25.3 Å². The van der Waals surface area contributed by atoms with E-state index < -0.39 is 6.04 Å². The number of hydrogen-bond donors (Lipinski definition) is 0. The summed E-state index contributed by atoms with van der Waals surface area (Å²) in [6, 6.07) is 2.96. The van der Waals surface area contributed by atoms with Crippen LogP contribution >= 0.6 is 0 Å². The first-order chi connectivity index (χ1) is 13.1. The summed E-state index contributed by atoms with van der Waals surface area (Å²) in [5.41, 5.74) is 1.36. The molecule has 7 heteroatoms. The predicted molar refractivity (Wildman–Crippen MR) is 100 cm³/mol. The van der Waals surface area contributed by atoms with Crippen molar-refractivity contribution in [1.29, 1.82) is 0 Å². The van der Waals surface area contributed by atoms with Crippen molar-refractivity contribution in [3.8, 4) is 11.5 Å². The Balaban J connectivity index is 2.19. The number of likely N-dealkylation sites (tertiary alicyclic amines) is 1. The van der Waals surface area contributed by atoms with Crippen LogP contribution in [0.4, 0.5) is 0 Å². The molecule has 7 nitrogen and oxygen atoms in total. The Morgan fingerprint density at radius 3 is 2.48 bits per heavy atom. The molecule has 1 aliphatic heterocycles. The minimum atomic E-state index is -0.513. The number of carbonyl (C=O) groups is 2. The zero-order valence-electron chi connectivity index (χ0n) is 16.6. The molecule has 1 aromatic rings. The van der Waals surface area contributed by atoms with Crippen molar-refractivity contribution in [3.63, 3.8) is 0 Å². The van der Waals surface area contributed by atoms with Crippen LogP contribution in [0.5, 0.6) is 11.5 Å². The van der Waals surface area contributed by atoms with Crippen LogP contribution in [-0.4, -0.2) is 63.9 Å². The van der Waals surface area contributed by atoms with E-state index in [9.17, 15) is 9.59 Å². The summed E-state index contributed by atoms with van der Waals surface area (Å²) < 4.78 is 21.2. The van der Waals surface area contributed by atoms with E-state index >= 15 is 0 Å². The van der Waals surface area contributed by atoms with Crippen LogP contribution in [0.15, 0.2) is 12.1 Å². The van der Waals surface area contributed by atoms with Crippen molar-refractivity contribution >= 4 is 11.9 Å². The lowest BCUT2D eigenvalue weighted by Crippen LogP contribution is -2.55. The molecule has 1 fully saturated rings. The maximum absolute atomic E-state index is 12.9. The third-order valence-electron chi connectivity index (χ3n) is 4.64. The van der Waals surface area contributed by atoms with Crippen LogP contribution in [-0.2, 0) is 20.7 Å². The third-order valence-corrected chi connectivity index (χ3v) is 4.64. The molecule has 27 heavy (non-hydrogen) atoms. The number of ether oxygens (including phenoxy) is 4. The number of benzene rings is 1. The summed E-state index contributed by atoms with van der Waals surface area (Å²) in [6.07, 6.45) is 3.11. The summed E-state index contributed by atoms with van der Waals surface area (Å²) in [4.78, 5) is 26.2. The van der Waals surface area contributed by atoms with Crippen molar-refractivity contribution < 1.29 is 28.5 Å². The van der Waals surface area contributed by atoms with E-state index in [2.05, 4.69) is 6.92 Å². The second-order valence-electron chi connectivity index (χ2n) is 6.41. The molecule has 0 bridgehead atoms. The largest absolute Gasteiger partial charge is 0.493 e. The van der Waals surface area contributed by atoms with E-state index in [1.54, 1.807) is 20.3 Å². The van der Waals surface area contributed by atoms with Crippen molar-refractivity contribution in [2.24, 2.45) is 0 Å². The van der Waals surface area contributed by atoms with E-state index in [-0.39, 0.29) is 11.9 Å². The van der Waals surface area contributed by atoms with Gasteiger partial charge in [0.05, 0.1) is 21.3 Å². The van der Waals surface area contributed by atoms with E-state index in [1.807, 2.05) is 6.07 Å². The first-order valence-electron chi connectivity index (χ1n) is 9.28. The zero-order valence-corrected chi connectivity index (χ0v) is 16.6. The summed E-state index contributed by atoms with van der Waals surface area (Å²) in [7, 11) is 4.46. The molecule has 0 spiro atoms. The number of aryl methyl sites for hydroxylation is 1. The van der Waals surface area contributed by atoms with Crippen LogP contribution in [0, 0.1) is 0 Å². The van der Waals surface area contributed by atoms with Crippen LogP contribution in [0.1, 0.15) is 42.1 Å². The van der Waals surface area contributed by atoms with Crippen molar-refractivity contribution in [2.75, 3.05) is 41.1 Å². The normalized spacial score (nSPS) is 15.9. The number of amides is 1. The molecule has 1 aromatic carbocycles. The molecular formula is C20H29NO6. The maximum atomic E-state index is 12.9. The van der Waals surface area contributed by atoms with Crippen LogP contribution in [0.2, 0.25) is 0 Å². The number of esters is 1. The monoisotopic (exact) mass is 379 g/mol. The third kappa shape index (κ3) is 4.91. The number of nitrogens with zero attached hydrogens (tertiary/aromatic N) is 1. The second kappa shape index (κ2) is 10.2. The molecule has 1 atom stereocenters. The van der Waals surface area contributed by atoms with Crippen LogP contribution < -0.4 is 9.47 Å². The predicted octanol–water partition coefficient (Wildman–Crippen LogP) is 2.45. The highest BCUT2D eigenvalue weighted by atomic mass is 16.5. The van der Waals surface area contributed by atoms with Gasteiger partial charge in [-0.05, 0) is 43.4 Å². The first-order valence-corrected chi connectivity index (χ1v) is 9.28. The molecule has 0 saturated carbocycles. The molecule has 2 rings (SSSR count). The van der Waals surface area contributed by atoms with Gasteiger partial charge in [-0.25, -0.2) is 4.79 Å². The van der Waals surface area contributed by atoms with Crippen LogP contribution in [0.25, 0.3) is 0 Å². The molecule has 0 aliphatic carbocycles. The Labute approximate surface area is 160 Å². The molecule has 150 valence electrons. The van der Waals surface area contributed by atoms with Crippen molar-refractivity contribution in [3.05, 3.63) is 23.3 Å². The summed E-state index contributed by atoms with van der Waals surface area (Å²) in [5.74, 6) is 0.532. The molecule has 1 aliphatic rings. The van der Waals surface area contributed by atoms with E-state index in [0.29, 0.717) is 43.1 Å². The van der Waals surface area contributed by atoms with Gasteiger partial charge in [-0.2, -0.15) is 0 Å². The Hall–Kier alpha value is -2.28. The van der Waals surface area contributed by atoms with Gasteiger partial charge in [0.1, 0.15) is 6.04 Å². The lowest BCUT2D eigenvalue weighted by molar-refractivity contribution is -0.149. The average molecular weight is 379 g/mol. The van der Waals surface area contributed by atoms with Gasteiger partial charge >= 0.3 is 5.97 Å². The van der Waals surface area contributed by atoms with E-state index in [1.165, 1.54) is 12.0 Å². The molecule has 0 N–H and O–H groups in total. The highest BCUT2D eigenvalue weighted by Gasteiger charge is 2.39. The molecule has 0 radical (unpaired) electrons. The first kappa shape index (κ1) is 21.0. The Kier molecular flexibility index (Phi) is 7.91. The van der Waals surface area contributed by atoms with Gasteiger partial charge in [-0.3, -0.25) is 4.79 Å². The zero-order chi connectivity index (χ0) is 19.8. The van der Waals surface area contributed by atoms with E-state index in [0.717, 1.165) is 25.0 Å². The number of rotatable bonds is 10. The van der Waals surface area contributed by atoms with Gasteiger partial charge in [-0.1, -0.05) is 6.92 Å². The number of hydrogen-bond acceptors (Lipinski definition) is 6. The number of methoxy groups -OCH3 is 3. The standard InChI is InChI=1S/C20H29NO6/c1-5-10-27-11-6-7-14-12-15(13-17(24-2)18(14)25-3)19(22)21-9-8-16(21)20(23)26-4/h12-13,16H,5-11H2,1-4H3. The van der Waals surface area contributed by atoms with Crippen LogP contribution in [0.3, 0.4) is 0 Å². The Morgan fingerprint density at radius 1 is 1.15 bits per heavy atom. The quantitative estimate of drug-likeness (QED) is 0.459. The molecule has 1 amide bonds. The Morgan fingerprint density at radius 2 is 1.93 bits per heavy atom. The van der Waals surface area contributed by atoms with Gasteiger partial charge in [0.15, 0.2) is 11.5 Å². The molecular weight excluding hydrogens is 350 g/mol. The summed E-state index contributed by atoms with van der Waals surface area (Å²) in [5, 5.41) is 0. The molecule has 1 unspecified atom stereocenters. The minimum absolute atomic E-state index is 0.207. The summed E-state index contributed by atoms with van der Waals surface area (Å²) >= 11 is 0. The Bertz CT molecular complexity index is 660. The van der Waals surface area contributed by atoms with Gasteiger partial charge in [-0.15, -0.1) is 0 Å². The highest BCUT2D eigenvalue weighted by Crippen LogP contribution is 2.34. The fraction of sp³-hybridized carbons (Fsp3) is 0.600. The minimum Gasteiger partial charge on any atom is -0.493 e. The lowest BCUT2D eigenvalue weighted by Gasteiger charge is -2.38. The summed E-state index contributed by atoms with van der Waals surface area (Å²) in [6.45, 7) is 3.99. The second-order valence-corrected chi connectivity index (χ2v) is 6.41. The molecule has 1 heterocycles. The van der Waals surface area contributed by atoms with Gasteiger partial charge < -0.3 is 23.8 Å².